The molecule has 2 N–H and O–H groups in total. The van der Waals surface area contributed by atoms with Gasteiger partial charge in [0.25, 0.3) is 0 Å². The molecular weight excluding hydrogens is 391 g/mol. The summed E-state index contributed by atoms with van der Waals surface area (Å²) in [6.07, 6.45) is 2.70. The molecule has 1 saturated carbocycles. The highest BCUT2D eigenvalue weighted by Crippen LogP contribution is 2.28. The highest BCUT2D eigenvalue weighted by molar-refractivity contribution is 14.0. The maximum absolute atomic E-state index is 9.94. The third-order valence-electron chi connectivity index (χ3n) is 4.26. The molecule has 2 aliphatic rings. The van der Waals surface area contributed by atoms with Gasteiger partial charge in [-0.2, -0.15) is 0 Å². The first-order chi connectivity index (χ1) is 10.3. The average molecular weight is 416 g/mol. The molecule has 3 rings (SSSR count). The molecule has 0 aromatic heterocycles. The third-order valence-corrected chi connectivity index (χ3v) is 4.26. The van der Waals surface area contributed by atoms with E-state index in [9.17, 15) is 5.11 Å². The number of piperazine rings is 1. The van der Waals surface area contributed by atoms with Crippen LogP contribution < -0.4 is 10.2 Å². The fourth-order valence-electron chi connectivity index (χ4n) is 2.78. The van der Waals surface area contributed by atoms with Gasteiger partial charge in [0.05, 0.1) is 5.69 Å². The third kappa shape index (κ3) is 4.18. The molecule has 1 aliphatic carbocycles. The smallest absolute Gasteiger partial charge is 0.193 e. The van der Waals surface area contributed by atoms with Crippen LogP contribution in [0.4, 0.5) is 5.69 Å². The Morgan fingerprint density at radius 2 is 1.91 bits per heavy atom. The van der Waals surface area contributed by atoms with Crippen LogP contribution in [-0.2, 0) is 0 Å². The lowest BCUT2D eigenvalue weighted by atomic mass is 10.2. The monoisotopic (exact) mass is 416 g/mol. The summed E-state index contributed by atoms with van der Waals surface area (Å²) in [6.45, 7) is 4.72. The second-order valence-corrected chi connectivity index (χ2v) is 5.83. The van der Waals surface area contributed by atoms with Crippen molar-refractivity contribution in [3.63, 3.8) is 0 Å². The van der Waals surface area contributed by atoms with Crippen molar-refractivity contribution in [2.75, 3.05) is 44.7 Å². The van der Waals surface area contributed by atoms with E-state index in [1.54, 1.807) is 6.07 Å². The van der Waals surface area contributed by atoms with Crippen LogP contribution in [-0.4, -0.2) is 55.7 Å². The summed E-state index contributed by atoms with van der Waals surface area (Å²) in [5, 5.41) is 13.4. The molecule has 0 amide bonds. The number of phenolic OH excluding ortho intramolecular Hbond substituents is 1. The Balaban J connectivity index is 0.00000176. The summed E-state index contributed by atoms with van der Waals surface area (Å²) >= 11 is 0. The topological polar surface area (TPSA) is 51.1 Å². The number of halogens is 1. The van der Waals surface area contributed by atoms with Gasteiger partial charge in [0, 0.05) is 39.8 Å². The Bertz CT molecular complexity index is 511. The van der Waals surface area contributed by atoms with Gasteiger partial charge in [0.15, 0.2) is 5.96 Å². The number of guanidine groups is 1. The van der Waals surface area contributed by atoms with Gasteiger partial charge in [0.1, 0.15) is 5.75 Å². The maximum atomic E-state index is 9.94. The number of benzene rings is 1. The van der Waals surface area contributed by atoms with Crippen LogP contribution in [0.2, 0.25) is 0 Å². The van der Waals surface area contributed by atoms with Crippen molar-refractivity contribution >= 4 is 35.6 Å². The highest BCUT2D eigenvalue weighted by Gasteiger charge is 2.24. The van der Waals surface area contributed by atoms with Gasteiger partial charge in [-0.3, -0.25) is 4.99 Å². The van der Waals surface area contributed by atoms with Crippen molar-refractivity contribution in [3.05, 3.63) is 24.3 Å². The first kappa shape index (κ1) is 17.2. The number of nitrogens with zero attached hydrogens (tertiary/aromatic N) is 3. The minimum Gasteiger partial charge on any atom is -0.506 e. The Hall–Kier alpha value is -1.18. The first-order valence-corrected chi connectivity index (χ1v) is 7.76. The molecule has 0 spiro atoms. The molecule has 1 aromatic rings. The largest absolute Gasteiger partial charge is 0.506 e. The van der Waals surface area contributed by atoms with Gasteiger partial charge < -0.3 is 20.2 Å². The van der Waals surface area contributed by atoms with Crippen molar-refractivity contribution < 1.29 is 5.11 Å². The zero-order valence-corrected chi connectivity index (χ0v) is 15.4. The predicted molar refractivity (Wildman–Crippen MR) is 101 cm³/mol. The molecule has 2 fully saturated rings. The molecule has 0 unspecified atom stereocenters. The van der Waals surface area contributed by atoms with Gasteiger partial charge >= 0.3 is 0 Å². The first-order valence-electron chi connectivity index (χ1n) is 7.76. The number of anilines is 1. The number of phenols is 1. The van der Waals surface area contributed by atoms with Crippen LogP contribution in [0.3, 0.4) is 0 Å². The van der Waals surface area contributed by atoms with E-state index in [2.05, 4.69) is 20.1 Å². The fraction of sp³-hybridized carbons (Fsp3) is 0.562. The predicted octanol–water partition coefficient (Wildman–Crippen LogP) is 2.12. The molecular formula is C16H25IN4O. The Labute approximate surface area is 149 Å². The van der Waals surface area contributed by atoms with Gasteiger partial charge in [0.2, 0.25) is 0 Å². The Morgan fingerprint density at radius 1 is 1.23 bits per heavy atom. The zero-order chi connectivity index (χ0) is 14.7. The number of rotatable bonds is 3. The normalized spacial score (nSPS) is 18.9. The molecule has 1 aromatic carbocycles. The fourth-order valence-corrected chi connectivity index (χ4v) is 2.78. The standard InChI is InChI=1S/C16H24N4O.HI/c1-17-16(18-12-13-6-7-13)20-10-8-19(9-11-20)14-4-2-3-5-15(14)21;/h2-5,13,21H,6-12H2,1H3,(H,17,18);1H. The molecule has 5 nitrogen and oxygen atoms in total. The molecule has 1 saturated heterocycles. The molecule has 0 atom stereocenters. The van der Waals surface area contributed by atoms with Crippen molar-refractivity contribution in [2.45, 2.75) is 12.8 Å². The van der Waals surface area contributed by atoms with E-state index in [1.165, 1.54) is 12.8 Å². The van der Waals surface area contributed by atoms with Crippen LogP contribution in [0, 0.1) is 5.92 Å². The quantitative estimate of drug-likeness (QED) is 0.451. The lowest BCUT2D eigenvalue weighted by molar-refractivity contribution is 0.369. The van der Waals surface area contributed by atoms with Crippen LogP contribution in [0.1, 0.15) is 12.8 Å². The van der Waals surface area contributed by atoms with E-state index in [0.29, 0.717) is 5.75 Å². The van der Waals surface area contributed by atoms with Crippen molar-refractivity contribution in [3.8, 4) is 5.75 Å². The number of hydrogen-bond donors (Lipinski definition) is 2. The minimum atomic E-state index is 0. The molecule has 6 heteroatoms. The minimum absolute atomic E-state index is 0. The second-order valence-electron chi connectivity index (χ2n) is 5.83. The number of aromatic hydroxyl groups is 1. The summed E-state index contributed by atoms with van der Waals surface area (Å²) in [5.74, 6) is 2.23. The van der Waals surface area contributed by atoms with E-state index >= 15 is 0 Å². The van der Waals surface area contributed by atoms with E-state index in [0.717, 1.165) is 50.3 Å². The Morgan fingerprint density at radius 3 is 2.50 bits per heavy atom. The van der Waals surface area contributed by atoms with Crippen LogP contribution >= 0.6 is 24.0 Å². The highest BCUT2D eigenvalue weighted by atomic mass is 127. The van der Waals surface area contributed by atoms with Gasteiger partial charge in [-0.1, -0.05) is 12.1 Å². The molecule has 22 heavy (non-hydrogen) atoms. The number of nitrogens with one attached hydrogen (secondary N) is 1. The molecule has 0 radical (unpaired) electrons. The summed E-state index contributed by atoms with van der Waals surface area (Å²) in [6, 6.07) is 7.55. The van der Waals surface area contributed by atoms with Crippen molar-refractivity contribution in [1.29, 1.82) is 0 Å². The van der Waals surface area contributed by atoms with Gasteiger partial charge in [-0.25, -0.2) is 0 Å². The van der Waals surface area contributed by atoms with E-state index < -0.39 is 0 Å². The number of hydrogen-bond acceptors (Lipinski definition) is 3. The van der Waals surface area contributed by atoms with Crippen LogP contribution in [0.5, 0.6) is 5.75 Å². The van der Waals surface area contributed by atoms with Crippen molar-refractivity contribution in [1.82, 2.24) is 10.2 Å². The second kappa shape index (κ2) is 7.89. The molecule has 1 heterocycles. The summed E-state index contributed by atoms with van der Waals surface area (Å²) in [4.78, 5) is 8.93. The molecule has 0 bridgehead atoms. The van der Waals surface area contributed by atoms with Crippen LogP contribution in [0.15, 0.2) is 29.3 Å². The van der Waals surface area contributed by atoms with Gasteiger partial charge in [-0.05, 0) is 30.9 Å². The van der Waals surface area contributed by atoms with E-state index in [1.807, 2.05) is 25.2 Å². The molecule has 122 valence electrons. The lowest BCUT2D eigenvalue weighted by Gasteiger charge is -2.37. The number of aliphatic imine (C=N–C) groups is 1. The van der Waals surface area contributed by atoms with E-state index in [4.69, 9.17) is 0 Å². The molecule has 1 aliphatic heterocycles. The SMILES string of the molecule is CN=C(NCC1CC1)N1CCN(c2ccccc2O)CC1.I. The summed E-state index contributed by atoms with van der Waals surface area (Å²) in [7, 11) is 1.85. The van der Waals surface area contributed by atoms with E-state index in [-0.39, 0.29) is 24.0 Å². The summed E-state index contributed by atoms with van der Waals surface area (Å²) < 4.78 is 0. The number of para-hydroxylation sites is 2. The Kier molecular flexibility index (Phi) is 6.16. The summed E-state index contributed by atoms with van der Waals surface area (Å²) in [5.41, 5.74) is 0.929. The van der Waals surface area contributed by atoms with Crippen molar-refractivity contribution in [2.24, 2.45) is 10.9 Å². The van der Waals surface area contributed by atoms with Gasteiger partial charge in [-0.15, -0.1) is 24.0 Å². The average Bonchev–Trinajstić information content (AvgIpc) is 3.33. The zero-order valence-electron chi connectivity index (χ0n) is 13.0. The van der Waals surface area contributed by atoms with Crippen LogP contribution in [0.25, 0.3) is 0 Å². The maximum Gasteiger partial charge on any atom is 0.193 e. The lowest BCUT2D eigenvalue weighted by Crippen LogP contribution is -2.52.